The molecule has 0 spiro atoms. The van der Waals surface area contributed by atoms with Gasteiger partial charge in [0.2, 0.25) is 0 Å². The van der Waals surface area contributed by atoms with Crippen LogP contribution in [0, 0.1) is 12.3 Å². The second-order valence-corrected chi connectivity index (χ2v) is 5.69. The Hall–Kier alpha value is -1.69. The minimum absolute atomic E-state index is 0.127. The van der Waals surface area contributed by atoms with Crippen LogP contribution in [-0.4, -0.2) is 14.2 Å². The number of terminal acetylenes is 1. The summed E-state index contributed by atoms with van der Waals surface area (Å²) in [6, 6.07) is 0.0960. The number of benzene rings is 1. The first-order chi connectivity index (χ1) is 8.88. The molecule has 0 aromatic heterocycles. The van der Waals surface area contributed by atoms with Crippen LogP contribution in [0.2, 0.25) is 0 Å². The molecule has 1 aromatic rings. The third-order valence-corrected chi connectivity index (χ3v) is 3.69. The average Bonchev–Trinajstić information content (AvgIpc) is 2.26. The van der Waals surface area contributed by atoms with Gasteiger partial charge in [-0.1, -0.05) is 5.92 Å². The van der Waals surface area contributed by atoms with Crippen molar-refractivity contribution < 1.29 is 34.8 Å². The molecule has 0 aliphatic heterocycles. The van der Waals surface area contributed by atoms with Crippen LogP contribution in [0.25, 0.3) is 0 Å². The van der Waals surface area contributed by atoms with E-state index in [-0.39, 0.29) is 18.2 Å². The topological polar surface area (TPSA) is 34.1 Å². The smallest absolute Gasteiger partial charge is 0.223 e. The van der Waals surface area contributed by atoms with Crippen molar-refractivity contribution in [3.63, 3.8) is 0 Å². The van der Waals surface area contributed by atoms with Crippen LogP contribution in [0.3, 0.4) is 0 Å². The lowest BCUT2D eigenvalue weighted by Gasteiger charge is -2.13. The second-order valence-electron chi connectivity index (χ2n) is 3.70. The Morgan fingerprint density at radius 2 is 1.35 bits per heavy atom. The summed E-state index contributed by atoms with van der Waals surface area (Å²) in [6.45, 7) is 0. The predicted molar refractivity (Wildman–Crippen MR) is 57.3 cm³/mol. The van der Waals surface area contributed by atoms with E-state index in [0.717, 1.165) is 0 Å². The molecule has 0 heterocycles. The summed E-state index contributed by atoms with van der Waals surface area (Å²) in [6.07, 6.45) is -5.49. The quantitative estimate of drug-likeness (QED) is 0.620. The highest BCUT2D eigenvalue weighted by atomic mass is 32.2. The largest absolute Gasteiger partial charge is 0.416 e. The van der Waals surface area contributed by atoms with Gasteiger partial charge in [0.1, 0.15) is 5.75 Å². The number of rotatable bonds is 2. The van der Waals surface area contributed by atoms with E-state index in [4.69, 9.17) is 6.42 Å². The molecule has 0 aliphatic rings. The van der Waals surface area contributed by atoms with E-state index in [0.29, 0.717) is 0 Å². The molecular formula is C11H6F6O2S. The van der Waals surface area contributed by atoms with Crippen molar-refractivity contribution in [1.82, 2.24) is 0 Å². The van der Waals surface area contributed by atoms with Crippen molar-refractivity contribution in [3.8, 4) is 12.3 Å². The van der Waals surface area contributed by atoms with Crippen LogP contribution in [0.4, 0.5) is 26.3 Å². The van der Waals surface area contributed by atoms with Gasteiger partial charge in [-0.2, -0.15) is 26.3 Å². The molecule has 0 amide bonds. The predicted octanol–water partition coefficient (Wildman–Crippen LogP) is 3.13. The molecule has 0 bridgehead atoms. The molecule has 0 N–H and O–H groups in total. The SMILES string of the molecule is C#CCS(=O)(=O)c1cc(C(F)(F)F)cc(C(F)(F)F)c1. The Morgan fingerprint density at radius 3 is 1.65 bits per heavy atom. The van der Waals surface area contributed by atoms with Crippen molar-refractivity contribution in [2.75, 3.05) is 5.75 Å². The van der Waals surface area contributed by atoms with Crippen LogP contribution in [0.1, 0.15) is 11.1 Å². The van der Waals surface area contributed by atoms with Crippen molar-refractivity contribution in [2.45, 2.75) is 17.2 Å². The lowest BCUT2D eigenvalue weighted by atomic mass is 10.1. The molecule has 0 saturated heterocycles. The fraction of sp³-hybridized carbons (Fsp3) is 0.273. The number of hydrogen-bond acceptors (Lipinski definition) is 2. The van der Waals surface area contributed by atoms with Gasteiger partial charge in [-0.25, -0.2) is 8.42 Å². The first-order valence-electron chi connectivity index (χ1n) is 4.83. The molecule has 0 unspecified atom stereocenters. The van der Waals surface area contributed by atoms with Gasteiger partial charge in [0, 0.05) is 0 Å². The first-order valence-corrected chi connectivity index (χ1v) is 6.49. The molecule has 1 aromatic carbocycles. The molecule has 20 heavy (non-hydrogen) atoms. The average molecular weight is 316 g/mol. The molecule has 110 valence electrons. The van der Waals surface area contributed by atoms with Gasteiger partial charge >= 0.3 is 12.4 Å². The molecule has 0 radical (unpaired) electrons. The maximum atomic E-state index is 12.5. The fourth-order valence-corrected chi connectivity index (χ4v) is 2.30. The van der Waals surface area contributed by atoms with Gasteiger partial charge in [-0.15, -0.1) is 6.42 Å². The molecular weight excluding hydrogens is 310 g/mol. The van der Waals surface area contributed by atoms with Gasteiger partial charge in [0.15, 0.2) is 9.84 Å². The molecule has 9 heteroatoms. The number of hydrogen-bond donors (Lipinski definition) is 0. The van der Waals surface area contributed by atoms with Crippen molar-refractivity contribution >= 4 is 9.84 Å². The Labute approximate surface area is 110 Å². The van der Waals surface area contributed by atoms with E-state index in [1.54, 1.807) is 5.92 Å². The highest BCUT2D eigenvalue weighted by Gasteiger charge is 2.38. The standard InChI is InChI=1S/C11H6F6O2S/c1-2-3-20(18,19)9-5-7(10(12,13)14)4-8(6-9)11(15,16)17/h1,4-6H,3H2. The maximum Gasteiger partial charge on any atom is 0.416 e. The van der Waals surface area contributed by atoms with E-state index >= 15 is 0 Å². The van der Waals surface area contributed by atoms with Gasteiger partial charge in [-0.05, 0) is 18.2 Å². The minimum Gasteiger partial charge on any atom is -0.223 e. The normalized spacial score (nSPS) is 13.1. The first kappa shape index (κ1) is 16.4. The molecule has 0 atom stereocenters. The molecule has 2 nitrogen and oxygen atoms in total. The summed E-state index contributed by atoms with van der Waals surface area (Å²) in [4.78, 5) is -1.11. The summed E-state index contributed by atoms with van der Waals surface area (Å²) >= 11 is 0. The van der Waals surface area contributed by atoms with Crippen LogP contribution in [-0.2, 0) is 22.2 Å². The van der Waals surface area contributed by atoms with Crippen LogP contribution in [0.5, 0.6) is 0 Å². The van der Waals surface area contributed by atoms with E-state index < -0.39 is 44.0 Å². The van der Waals surface area contributed by atoms with E-state index in [1.165, 1.54) is 0 Å². The highest BCUT2D eigenvalue weighted by molar-refractivity contribution is 7.91. The summed E-state index contributed by atoms with van der Waals surface area (Å²) < 4.78 is 98.1. The maximum absolute atomic E-state index is 12.5. The van der Waals surface area contributed by atoms with E-state index in [1.807, 2.05) is 0 Å². The molecule has 0 fully saturated rings. The lowest BCUT2D eigenvalue weighted by molar-refractivity contribution is -0.143. The number of sulfone groups is 1. The van der Waals surface area contributed by atoms with Crippen molar-refractivity contribution in [3.05, 3.63) is 29.3 Å². The van der Waals surface area contributed by atoms with Crippen LogP contribution >= 0.6 is 0 Å². The second kappa shape index (κ2) is 5.01. The van der Waals surface area contributed by atoms with Gasteiger partial charge < -0.3 is 0 Å². The Balaban J connectivity index is 3.60. The third kappa shape index (κ3) is 3.66. The minimum atomic E-state index is -5.11. The van der Waals surface area contributed by atoms with E-state index in [2.05, 4.69) is 0 Å². The van der Waals surface area contributed by atoms with Gasteiger partial charge in [-0.3, -0.25) is 0 Å². The summed E-state index contributed by atoms with van der Waals surface area (Å²) in [7, 11) is -4.41. The Morgan fingerprint density at radius 1 is 0.950 bits per heavy atom. The fourth-order valence-electron chi connectivity index (χ4n) is 1.30. The highest BCUT2D eigenvalue weighted by Crippen LogP contribution is 2.37. The van der Waals surface area contributed by atoms with Crippen LogP contribution < -0.4 is 0 Å². The Kier molecular flexibility index (Phi) is 4.10. The summed E-state index contributed by atoms with van der Waals surface area (Å²) in [5, 5.41) is 0. The van der Waals surface area contributed by atoms with Gasteiger partial charge in [0.25, 0.3) is 0 Å². The summed E-state index contributed by atoms with van der Waals surface area (Å²) in [5.74, 6) is 0.678. The zero-order chi connectivity index (χ0) is 15.8. The number of halogens is 6. The summed E-state index contributed by atoms with van der Waals surface area (Å²) in [5.41, 5.74) is -3.41. The third-order valence-electron chi connectivity index (χ3n) is 2.19. The lowest BCUT2D eigenvalue weighted by Crippen LogP contribution is -2.14. The Bertz CT molecular complexity index is 617. The monoisotopic (exact) mass is 316 g/mol. The van der Waals surface area contributed by atoms with Crippen molar-refractivity contribution in [1.29, 1.82) is 0 Å². The molecule has 1 rings (SSSR count). The molecule has 0 saturated carbocycles. The van der Waals surface area contributed by atoms with Crippen LogP contribution in [0.15, 0.2) is 23.1 Å². The van der Waals surface area contributed by atoms with Crippen molar-refractivity contribution in [2.24, 2.45) is 0 Å². The zero-order valence-corrected chi connectivity index (χ0v) is 10.3. The zero-order valence-electron chi connectivity index (χ0n) is 9.51. The molecule has 0 aliphatic carbocycles. The van der Waals surface area contributed by atoms with E-state index in [9.17, 15) is 34.8 Å². The van der Waals surface area contributed by atoms with Gasteiger partial charge in [0.05, 0.1) is 16.0 Å². The number of alkyl halides is 6.